The molecule has 0 bridgehead atoms. The Kier molecular flexibility index (Phi) is 2.79. The Bertz CT molecular complexity index is 380. The van der Waals surface area contributed by atoms with Crippen molar-refractivity contribution in [3.8, 4) is 0 Å². The maximum Gasteiger partial charge on any atom is 0.220 e. The van der Waals surface area contributed by atoms with Crippen LogP contribution in [0.4, 0.5) is 0 Å². The molecule has 1 aromatic rings. The zero-order chi connectivity index (χ0) is 10.1. The standard InChI is InChI=1S/C10H9BrClNO/c11-7-1-2-9(12)8(4-7)6-3-10(14)13-5-6/h1-2,4,6H,3,5H2,(H,13,14). The summed E-state index contributed by atoms with van der Waals surface area (Å²) in [6, 6.07) is 5.73. The molecular formula is C10H9BrClNO. The minimum absolute atomic E-state index is 0.103. The average Bonchev–Trinajstić information content (AvgIpc) is 2.56. The predicted octanol–water partition coefficient (Wildman–Crippen LogP) is 2.71. The summed E-state index contributed by atoms with van der Waals surface area (Å²) in [6.45, 7) is 0.689. The molecule has 1 unspecified atom stereocenters. The number of nitrogens with one attached hydrogen (secondary N) is 1. The van der Waals surface area contributed by atoms with Crippen molar-refractivity contribution in [3.05, 3.63) is 33.3 Å². The topological polar surface area (TPSA) is 29.1 Å². The molecule has 1 aromatic carbocycles. The van der Waals surface area contributed by atoms with Crippen molar-refractivity contribution < 1.29 is 4.79 Å². The Labute approximate surface area is 95.8 Å². The molecule has 1 saturated heterocycles. The predicted molar refractivity (Wildman–Crippen MR) is 59.5 cm³/mol. The molecule has 1 aliphatic heterocycles. The van der Waals surface area contributed by atoms with Gasteiger partial charge in [-0.1, -0.05) is 27.5 Å². The first-order chi connectivity index (χ1) is 6.66. The van der Waals surface area contributed by atoms with Crippen LogP contribution in [-0.4, -0.2) is 12.5 Å². The number of amides is 1. The smallest absolute Gasteiger partial charge is 0.220 e. The van der Waals surface area contributed by atoms with Gasteiger partial charge in [-0.3, -0.25) is 4.79 Å². The van der Waals surface area contributed by atoms with Crippen molar-refractivity contribution in [1.29, 1.82) is 0 Å². The molecule has 0 saturated carbocycles. The molecule has 0 radical (unpaired) electrons. The third kappa shape index (κ3) is 1.93. The largest absolute Gasteiger partial charge is 0.355 e. The van der Waals surface area contributed by atoms with E-state index in [2.05, 4.69) is 21.2 Å². The van der Waals surface area contributed by atoms with E-state index < -0.39 is 0 Å². The molecule has 4 heteroatoms. The second-order valence-corrected chi connectivity index (χ2v) is 4.69. The van der Waals surface area contributed by atoms with Crippen molar-refractivity contribution in [2.75, 3.05) is 6.54 Å². The monoisotopic (exact) mass is 273 g/mol. The van der Waals surface area contributed by atoms with Crippen molar-refractivity contribution in [2.24, 2.45) is 0 Å². The molecule has 1 aliphatic rings. The van der Waals surface area contributed by atoms with E-state index in [9.17, 15) is 4.79 Å². The van der Waals surface area contributed by atoms with Crippen LogP contribution >= 0.6 is 27.5 Å². The number of hydrogen-bond acceptors (Lipinski definition) is 1. The van der Waals surface area contributed by atoms with Gasteiger partial charge >= 0.3 is 0 Å². The molecule has 2 nitrogen and oxygen atoms in total. The summed E-state index contributed by atoms with van der Waals surface area (Å²) in [6.07, 6.45) is 0.538. The van der Waals surface area contributed by atoms with E-state index in [1.807, 2.05) is 18.2 Å². The first kappa shape index (κ1) is 9.99. The second kappa shape index (κ2) is 3.91. The lowest BCUT2D eigenvalue weighted by Gasteiger charge is -2.10. The Hall–Kier alpha value is -0.540. The van der Waals surface area contributed by atoms with Gasteiger partial charge in [0.05, 0.1) is 0 Å². The normalized spacial score (nSPS) is 21.0. The van der Waals surface area contributed by atoms with E-state index in [1.165, 1.54) is 0 Å². The van der Waals surface area contributed by atoms with E-state index >= 15 is 0 Å². The van der Waals surface area contributed by atoms with Crippen LogP contribution in [0.3, 0.4) is 0 Å². The van der Waals surface area contributed by atoms with Gasteiger partial charge in [0, 0.05) is 28.4 Å². The quantitative estimate of drug-likeness (QED) is 0.838. The summed E-state index contributed by atoms with van der Waals surface area (Å²) in [5.74, 6) is 0.318. The summed E-state index contributed by atoms with van der Waals surface area (Å²) >= 11 is 9.46. The summed E-state index contributed by atoms with van der Waals surface area (Å²) in [4.78, 5) is 11.1. The highest BCUT2D eigenvalue weighted by molar-refractivity contribution is 9.10. The van der Waals surface area contributed by atoms with Gasteiger partial charge in [-0.25, -0.2) is 0 Å². The molecule has 1 fully saturated rings. The van der Waals surface area contributed by atoms with E-state index in [0.717, 1.165) is 15.1 Å². The zero-order valence-corrected chi connectivity index (χ0v) is 9.73. The SMILES string of the molecule is O=C1CC(c2cc(Br)ccc2Cl)CN1. The fourth-order valence-electron chi connectivity index (χ4n) is 1.65. The third-order valence-corrected chi connectivity index (χ3v) is 3.21. The fraction of sp³-hybridized carbons (Fsp3) is 0.300. The van der Waals surface area contributed by atoms with Crippen molar-refractivity contribution in [3.63, 3.8) is 0 Å². The lowest BCUT2D eigenvalue weighted by Crippen LogP contribution is -2.13. The highest BCUT2D eigenvalue weighted by Gasteiger charge is 2.24. The molecule has 1 amide bonds. The van der Waals surface area contributed by atoms with Crippen molar-refractivity contribution in [1.82, 2.24) is 5.32 Å². The van der Waals surface area contributed by atoms with Gasteiger partial charge in [-0.2, -0.15) is 0 Å². The van der Waals surface area contributed by atoms with Crippen LogP contribution in [0.25, 0.3) is 0 Å². The van der Waals surface area contributed by atoms with E-state index in [4.69, 9.17) is 11.6 Å². The van der Waals surface area contributed by atoms with Crippen LogP contribution in [0.15, 0.2) is 22.7 Å². The minimum Gasteiger partial charge on any atom is -0.355 e. The molecule has 0 spiro atoms. The van der Waals surface area contributed by atoms with Crippen molar-refractivity contribution in [2.45, 2.75) is 12.3 Å². The summed E-state index contributed by atoms with van der Waals surface area (Å²) in [5.41, 5.74) is 1.04. The van der Waals surface area contributed by atoms with Gasteiger partial charge in [0.2, 0.25) is 5.91 Å². The molecule has 1 N–H and O–H groups in total. The maximum absolute atomic E-state index is 11.1. The Balaban J connectivity index is 2.31. The van der Waals surface area contributed by atoms with Crippen LogP contribution in [0.1, 0.15) is 17.9 Å². The van der Waals surface area contributed by atoms with Gasteiger partial charge in [0.25, 0.3) is 0 Å². The molecular weight excluding hydrogens is 265 g/mol. The number of carbonyl (C=O) groups excluding carboxylic acids is 1. The van der Waals surface area contributed by atoms with Gasteiger partial charge in [-0.05, 0) is 23.8 Å². The second-order valence-electron chi connectivity index (χ2n) is 3.37. The fourth-order valence-corrected chi connectivity index (χ4v) is 2.30. The minimum atomic E-state index is 0.103. The number of rotatable bonds is 1. The number of benzene rings is 1. The highest BCUT2D eigenvalue weighted by Crippen LogP contribution is 2.31. The summed E-state index contributed by atoms with van der Waals surface area (Å²) in [5, 5.41) is 3.53. The number of carbonyl (C=O) groups is 1. The van der Waals surface area contributed by atoms with Crippen LogP contribution in [0.2, 0.25) is 5.02 Å². The molecule has 74 valence electrons. The van der Waals surface area contributed by atoms with Gasteiger partial charge in [-0.15, -0.1) is 0 Å². The van der Waals surface area contributed by atoms with Crippen LogP contribution in [-0.2, 0) is 4.79 Å². The van der Waals surface area contributed by atoms with Crippen LogP contribution < -0.4 is 5.32 Å². The molecule has 1 atom stereocenters. The first-order valence-electron chi connectivity index (χ1n) is 4.38. The Morgan fingerprint density at radius 2 is 2.29 bits per heavy atom. The third-order valence-electron chi connectivity index (χ3n) is 2.38. The Morgan fingerprint density at radius 3 is 2.93 bits per heavy atom. The average molecular weight is 275 g/mol. The van der Waals surface area contributed by atoms with Crippen LogP contribution in [0, 0.1) is 0 Å². The zero-order valence-electron chi connectivity index (χ0n) is 7.39. The van der Waals surface area contributed by atoms with Gasteiger partial charge in [0.1, 0.15) is 0 Å². The van der Waals surface area contributed by atoms with Crippen molar-refractivity contribution >= 4 is 33.4 Å². The number of hydrogen-bond donors (Lipinski definition) is 1. The van der Waals surface area contributed by atoms with E-state index in [1.54, 1.807) is 0 Å². The molecule has 14 heavy (non-hydrogen) atoms. The van der Waals surface area contributed by atoms with Gasteiger partial charge < -0.3 is 5.32 Å². The lowest BCUT2D eigenvalue weighted by molar-refractivity contribution is -0.119. The van der Waals surface area contributed by atoms with Gasteiger partial charge in [0.15, 0.2) is 0 Å². The van der Waals surface area contributed by atoms with Crippen LogP contribution in [0.5, 0.6) is 0 Å². The van der Waals surface area contributed by atoms with E-state index in [0.29, 0.717) is 13.0 Å². The molecule has 2 rings (SSSR count). The summed E-state index contributed by atoms with van der Waals surface area (Å²) in [7, 11) is 0. The highest BCUT2D eigenvalue weighted by atomic mass is 79.9. The molecule has 0 aromatic heterocycles. The molecule has 0 aliphatic carbocycles. The lowest BCUT2D eigenvalue weighted by atomic mass is 9.98. The molecule has 1 heterocycles. The first-order valence-corrected chi connectivity index (χ1v) is 5.55. The Morgan fingerprint density at radius 1 is 1.50 bits per heavy atom. The maximum atomic E-state index is 11.1. The number of halogens is 2. The summed E-state index contributed by atoms with van der Waals surface area (Å²) < 4.78 is 0.997. The van der Waals surface area contributed by atoms with E-state index in [-0.39, 0.29) is 11.8 Å².